The lowest BCUT2D eigenvalue weighted by molar-refractivity contribution is 0.0846. The minimum absolute atomic E-state index is 0.0193. The summed E-state index contributed by atoms with van der Waals surface area (Å²) in [5.74, 6) is -1.50. The molecule has 3 N–H and O–H groups in total. The normalized spacial score (nSPS) is 9.91. The molecule has 0 atom stereocenters. The van der Waals surface area contributed by atoms with Gasteiger partial charge in [-0.3, -0.25) is 25.4 Å². The molecule has 0 spiro atoms. The van der Waals surface area contributed by atoms with Crippen LogP contribution in [0.2, 0.25) is 0 Å². The molecule has 0 saturated heterocycles. The lowest BCUT2D eigenvalue weighted by atomic mass is 10.1. The van der Waals surface area contributed by atoms with Gasteiger partial charge in [-0.2, -0.15) is 0 Å². The molecule has 23 heavy (non-hydrogen) atoms. The van der Waals surface area contributed by atoms with Crippen molar-refractivity contribution in [3.63, 3.8) is 0 Å². The lowest BCUT2D eigenvalue weighted by Crippen LogP contribution is -2.41. The number of amides is 2. The first kappa shape index (κ1) is 14.4. The van der Waals surface area contributed by atoms with Gasteiger partial charge >= 0.3 is 0 Å². The molecule has 0 aliphatic carbocycles. The Morgan fingerprint density at radius 2 is 1.78 bits per heavy atom. The SMILES string of the molecule is O=C(NNC(=O)c1c(O)c#cc2ccccc12)c1cccnc1. The van der Waals surface area contributed by atoms with Crippen LogP contribution in [0.3, 0.4) is 0 Å². The van der Waals surface area contributed by atoms with Crippen LogP contribution in [0.1, 0.15) is 20.7 Å². The number of carbonyl (C=O) groups is 2. The molecule has 3 rings (SSSR count). The van der Waals surface area contributed by atoms with E-state index in [2.05, 4.69) is 28.0 Å². The van der Waals surface area contributed by atoms with E-state index in [0.29, 0.717) is 16.3 Å². The van der Waals surface area contributed by atoms with Crippen LogP contribution in [-0.4, -0.2) is 21.9 Å². The molecule has 0 bridgehead atoms. The highest BCUT2D eigenvalue weighted by Crippen LogP contribution is 2.23. The molecule has 1 heterocycles. The summed E-state index contributed by atoms with van der Waals surface area (Å²) in [5, 5.41) is 11.0. The molecule has 0 aliphatic rings. The Balaban J connectivity index is 1.82. The van der Waals surface area contributed by atoms with E-state index < -0.39 is 11.8 Å². The minimum Gasteiger partial charge on any atom is -0.500 e. The summed E-state index contributed by atoms with van der Waals surface area (Å²) in [6, 6.07) is 15.4. The summed E-state index contributed by atoms with van der Waals surface area (Å²) < 4.78 is 0. The standard InChI is InChI=1S/C17H11N3O3/c21-14-8-7-11-4-1-2-6-13(11)15(14)17(23)20-19-16(22)12-5-3-9-18-10-12/h1-6,9-10,21H,(H,19,22)(H,20,23). The molecule has 1 aromatic heterocycles. The van der Waals surface area contributed by atoms with E-state index in [1.165, 1.54) is 12.4 Å². The summed E-state index contributed by atoms with van der Waals surface area (Å²) in [6.45, 7) is 0. The van der Waals surface area contributed by atoms with Crippen molar-refractivity contribution in [3.8, 4) is 5.75 Å². The van der Waals surface area contributed by atoms with Gasteiger partial charge in [0.15, 0.2) is 5.75 Å². The molecule has 2 aromatic carbocycles. The molecule has 2 amide bonds. The van der Waals surface area contributed by atoms with Gasteiger partial charge in [-0.05, 0) is 24.3 Å². The number of hydrogen-bond donors (Lipinski definition) is 3. The number of aromatic hydroxyl groups is 1. The average Bonchev–Trinajstić information content (AvgIpc) is 2.60. The Morgan fingerprint density at radius 3 is 2.57 bits per heavy atom. The van der Waals surface area contributed by atoms with Crippen molar-refractivity contribution in [2.45, 2.75) is 0 Å². The van der Waals surface area contributed by atoms with Gasteiger partial charge in [-0.25, -0.2) is 0 Å². The molecule has 3 aromatic rings. The maximum absolute atomic E-state index is 12.3. The minimum atomic E-state index is -0.652. The molecule has 6 nitrogen and oxygen atoms in total. The van der Waals surface area contributed by atoms with Crippen molar-refractivity contribution >= 4 is 22.6 Å². The largest absolute Gasteiger partial charge is 0.500 e. The molecule has 0 unspecified atom stereocenters. The first-order valence-corrected chi connectivity index (χ1v) is 6.72. The van der Waals surface area contributed by atoms with Crippen LogP contribution in [0, 0.1) is 12.1 Å². The third-order valence-corrected chi connectivity index (χ3v) is 3.19. The fourth-order valence-corrected chi connectivity index (χ4v) is 2.10. The second-order valence-electron chi connectivity index (χ2n) is 4.67. The van der Waals surface area contributed by atoms with Crippen molar-refractivity contribution in [1.29, 1.82) is 0 Å². The maximum Gasteiger partial charge on any atom is 0.274 e. The monoisotopic (exact) mass is 305 g/mol. The summed E-state index contributed by atoms with van der Waals surface area (Å²) in [6.07, 6.45) is 2.91. The van der Waals surface area contributed by atoms with E-state index in [-0.39, 0.29) is 11.3 Å². The van der Waals surface area contributed by atoms with Crippen LogP contribution in [0.5, 0.6) is 5.75 Å². The Hall–Kier alpha value is -3.59. The number of hydrogen-bond acceptors (Lipinski definition) is 4. The maximum atomic E-state index is 12.3. The van der Waals surface area contributed by atoms with Gasteiger partial charge in [-0.15, -0.1) is 0 Å². The molecule has 6 heteroatoms. The predicted octanol–water partition coefficient (Wildman–Crippen LogP) is 1.62. The van der Waals surface area contributed by atoms with Crippen LogP contribution in [0.4, 0.5) is 0 Å². The van der Waals surface area contributed by atoms with Gasteiger partial charge in [0.2, 0.25) is 0 Å². The van der Waals surface area contributed by atoms with Gasteiger partial charge in [0.1, 0.15) is 5.56 Å². The highest BCUT2D eigenvalue weighted by Gasteiger charge is 2.16. The zero-order valence-electron chi connectivity index (χ0n) is 11.8. The Kier molecular flexibility index (Phi) is 3.77. The van der Waals surface area contributed by atoms with Crippen molar-refractivity contribution < 1.29 is 14.7 Å². The van der Waals surface area contributed by atoms with Crippen molar-refractivity contribution in [1.82, 2.24) is 15.8 Å². The van der Waals surface area contributed by atoms with Crippen molar-refractivity contribution in [3.05, 3.63) is 72.1 Å². The average molecular weight is 305 g/mol. The van der Waals surface area contributed by atoms with E-state index >= 15 is 0 Å². The molecule has 0 saturated carbocycles. The molecule has 0 radical (unpaired) electrons. The summed E-state index contributed by atoms with van der Waals surface area (Å²) >= 11 is 0. The zero-order valence-corrected chi connectivity index (χ0v) is 11.8. The highest BCUT2D eigenvalue weighted by molar-refractivity contribution is 6.09. The fourth-order valence-electron chi connectivity index (χ4n) is 2.10. The number of nitrogens with zero attached hydrogens (tertiary/aromatic N) is 1. The van der Waals surface area contributed by atoms with Gasteiger partial charge in [0.05, 0.1) is 5.56 Å². The quantitative estimate of drug-likeness (QED) is 0.627. The number of pyridine rings is 1. The van der Waals surface area contributed by atoms with Crippen LogP contribution in [-0.2, 0) is 0 Å². The molecule has 0 fully saturated rings. The summed E-state index contributed by atoms with van der Waals surface area (Å²) in [7, 11) is 0. The first-order chi connectivity index (χ1) is 11.2. The number of fused-ring (bicyclic) bond motifs is 1. The summed E-state index contributed by atoms with van der Waals surface area (Å²) in [5.41, 5.74) is 4.87. The van der Waals surface area contributed by atoms with Crippen LogP contribution in [0.15, 0.2) is 48.8 Å². The Labute approximate surface area is 131 Å². The number of carbonyl (C=O) groups excluding carboxylic acids is 2. The third-order valence-electron chi connectivity index (χ3n) is 3.19. The van der Waals surface area contributed by atoms with Crippen molar-refractivity contribution in [2.75, 3.05) is 0 Å². The van der Waals surface area contributed by atoms with Gasteiger partial charge in [0, 0.05) is 23.2 Å². The van der Waals surface area contributed by atoms with Crippen molar-refractivity contribution in [2.24, 2.45) is 0 Å². The van der Waals surface area contributed by atoms with E-state index in [1.54, 1.807) is 36.4 Å². The second-order valence-corrected chi connectivity index (χ2v) is 4.67. The summed E-state index contributed by atoms with van der Waals surface area (Å²) in [4.78, 5) is 28.0. The topological polar surface area (TPSA) is 91.3 Å². The Bertz CT molecular complexity index is 879. The molecular formula is C17H11N3O3. The second kappa shape index (κ2) is 6.03. The fraction of sp³-hybridized carbons (Fsp3) is 0. The van der Waals surface area contributed by atoms with Crippen LogP contribution >= 0.6 is 0 Å². The molecular weight excluding hydrogens is 294 g/mol. The number of hydrazine groups is 1. The number of nitrogens with one attached hydrogen (secondary N) is 2. The highest BCUT2D eigenvalue weighted by atomic mass is 16.3. The predicted molar refractivity (Wildman–Crippen MR) is 82.5 cm³/mol. The van der Waals surface area contributed by atoms with Crippen LogP contribution in [0.25, 0.3) is 10.8 Å². The Morgan fingerprint density at radius 1 is 1.00 bits per heavy atom. The third kappa shape index (κ3) is 2.89. The van der Waals surface area contributed by atoms with E-state index in [0.717, 1.165) is 0 Å². The van der Waals surface area contributed by atoms with E-state index in [9.17, 15) is 14.7 Å². The number of benzene rings is 1. The first-order valence-electron chi connectivity index (χ1n) is 6.72. The lowest BCUT2D eigenvalue weighted by Gasteiger charge is -2.09. The van der Waals surface area contributed by atoms with Gasteiger partial charge in [-0.1, -0.05) is 24.3 Å². The van der Waals surface area contributed by atoms with Gasteiger partial charge in [0.25, 0.3) is 11.8 Å². The van der Waals surface area contributed by atoms with E-state index in [1.807, 2.05) is 0 Å². The molecule has 112 valence electrons. The number of aromatic nitrogens is 1. The number of rotatable bonds is 2. The smallest absolute Gasteiger partial charge is 0.274 e. The zero-order chi connectivity index (χ0) is 16.2. The van der Waals surface area contributed by atoms with E-state index in [4.69, 9.17) is 0 Å². The molecule has 0 aliphatic heterocycles. The van der Waals surface area contributed by atoms with Gasteiger partial charge < -0.3 is 5.11 Å². The van der Waals surface area contributed by atoms with Crippen LogP contribution < -0.4 is 10.9 Å².